The average Bonchev–Trinajstić information content (AvgIpc) is 2.67. The Balaban J connectivity index is 1.80. The molecular weight excluding hydrogens is 372 g/mol. The van der Waals surface area contributed by atoms with Gasteiger partial charge in [0.05, 0.1) is 29.5 Å². The van der Waals surface area contributed by atoms with Crippen molar-refractivity contribution in [3.63, 3.8) is 0 Å². The Morgan fingerprint density at radius 1 is 1.14 bits per heavy atom. The number of rotatable bonds is 3. The topological polar surface area (TPSA) is 33.3 Å². The summed E-state index contributed by atoms with van der Waals surface area (Å²) in [5.74, 6) is -0.977. The Morgan fingerprint density at radius 2 is 1.89 bits per heavy atom. The van der Waals surface area contributed by atoms with E-state index in [0.29, 0.717) is 12.6 Å². The number of likely N-dealkylation sites (N-methyl/N-ethyl adjacent to an activating group) is 1. The van der Waals surface area contributed by atoms with Crippen molar-refractivity contribution >= 4 is 5.69 Å². The van der Waals surface area contributed by atoms with Gasteiger partial charge in [0.15, 0.2) is 0 Å². The largest absolute Gasteiger partial charge is 0.416 e. The number of hydrogen-bond acceptors (Lipinski definition) is 3. The highest BCUT2D eigenvalue weighted by molar-refractivity contribution is 5.59. The van der Waals surface area contributed by atoms with Gasteiger partial charge in [-0.2, -0.15) is 13.2 Å². The summed E-state index contributed by atoms with van der Waals surface area (Å²) < 4.78 is 60.7. The van der Waals surface area contributed by atoms with Crippen LogP contribution in [0.5, 0.6) is 0 Å². The standard InChI is InChI=1S/C21H22F4N2O/c1-26-11-14-7-8-15-18(12-5-3-2-4-6-12)27-19-16(20(15)28-14)9-13(10-17(19)22)21(23,24)25/h2-6,9-10,14-15,18,20,26-27H,7-8,11H2,1H3/t14-,15+,18+,20+/m1/s1. The van der Waals surface area contributed by atoms with E-state index in [0.717, 1.165) is 24.5 Å². The SMILES string of the molecule is CNC[C@H]1CC[C@@H]2[C@H](O1)c1cc(C(F)(F)F)cc(F)c1N[C@H]2c1ccccc1. The molecule has 2 aliphatic heterocycles. The van der Waals surface area contributed by atoms with Gasteiger partial charge in [-0.05, 0) is 37.6 Å². The predicted octanol–water partition coefficient (Wildman–Crippen LogP) is 5.07. The van der Waals surface area contributed by atoms with E-state index in [1.54, 1.807) is 7.05 Å². The Kier molecular flexibility index (Phi) is 5.05. The molecule has 7 heteroatoms. The second kappa shape index (κ2) is 7.37. The molecule has 3 nitrogen and oxygen atoms in total. The highest BCUT2D eigenvalue weighted by atomic mass is 19.4. The first kappa shape index (κ1) is 19.2. The Labute approximate surface area is 161 Å². The number of fused-ring (bicyclic) bond motifs is 3. The minimum Gasteiger partial charge on any atom is -0.375 e. The average molecular weight is 394 g/mol. The fraction of sp³-hybridized carbons (Fsp3) is 0.429. The van der Waals surface area contributed by atoms with Crippen LogP contribution in [0.1, 0.15) is 41.7 Å². The second-order valence-electron chi connectivity index (χ2n) is 7.43. The molecule has 0 spiro atoms. The molecule has 0 aliphatic carbocycles. The molecule has 4 rings (SSSR count). The van der Waals surface area contributed by atoms with Gasteiger partial charge in [0.25, 0.3) is 0 Å². The molecule has 28 heavy (non-hydrogen) atoms. The minimum absolute atomic E-state index is 0.0779. The molecule has 0 aromatic heterocycles. The van der Waals surface area contributed by atoms with Crippen molar-refractivity contribution < 1.29 is 22.3 Å². The van der Waals surface area contributed by atoms with E-state index in [9.17, 15) is 17.6 Å². The van der Waals surface area contributed by atoms with Gasteiger partial charge in [-0.1, -0.05) is 30.3 Å². The summed E-state index contributed by atoms with van der Waals surface area (Å²) in [5, 5.41) is 6.22. The first-order valence-electron chi connectivity index (χ1n) is 9.40. The van der Waals surface area contributed by atoms with Gasteiger partial charge < -0.3 is 15.4 Å². The van der Waals surface area contributed by atoms with E-state index in [1.165, 1.54) is 0 Å². The molecule has 0 radical (unpaired) electrons. The zero-order valence-corrected chi connectivity index (χ0v) is 15.4. The van der Waals surface area contributed by atoms with Gasteiger partial charge in [-0.3, -0.25) is 0 Å². The maximum absolute atomic E-state index is 14.7. The normalized spacial score (nSPS) is 26.9. The smallest absolute Gasteiger partial charge is 0.375 e. The van der Waals surface area contributed by atoms with Crippen LogP contribution in [0.3, 0.4) is 0 Å². The summed E-state index contributed by atoms with van der Waals surface area (Å²) in [6.45, 7) is 0.601. The molecule has 2 heterocycles. The Bertz CT molecular complexity index is 840. The summed E-state index contributed by atoms with van der Waals surface area (Å²) in [6.07, 6.45) is -3.75. The molecule has 0 unspecified atom stereocenters. The maximum atomic E-state index is 14.7. The van der Waals surface area contributed by atoms with Crippen LogP contribution in [0.25, 0.3) is 0 Å². The van der Waals surface area contributed by atoms with Crippen LogP contribution in [0.15, 0.2) is 42.5 Å². The fourth-order valence-electron chi connectivity index (χ4n) is 4.35. The van der Waals surface area contributed by atoms with Crippen LogP contribution in [-0.4, -0.2) is 19.7 Å². The van der Waals surface area contributed by atoms with Crippen molar-refractivity contribution in [2.75, 3.05) is 18.9 Å². The molecule has 2 aromatic rings. The molecule has 0 amide bonds. The summed E-state index contributed by atoms with van der Waals surface area (Å²) in [7, 11) is 1.81. The molecule has 1 fully saturated rings. The summed E-state index contributed by atoms with van der Waals surface area (Å²) in [4.78, 5) is 0. The van der Waals surface area contributed by atoms with Crippen LogP contribution in [0, 0.1) is 11.7 Å². The van der Waals surface area contributed by atoms with Gasteiger partial charge in [-0.15, -0.1) is 0 Å². The predicted molar refractivity (Wildman–Crippen MR) is 98.5 cm³/mol. The lowest BCUT2D eigenvalue weighted by molar-refractivity contribution is -0.138. The molecule has 1 saturated heterocycles. The number of benzene rings is 2. The Hall–Kier alpha value is -2.12. The van der Waals surface area contributed by atoms with Crippen LogP contribution in [0.4, 0.5) is 23.2 Å². The highest BCUT2D eigenvalue weighted by Crippen LogP contribution is 2.51. The number of halogens is 4. The van der Waals surface area contributed by atoms with E-state index >= 15 is 0 Å². The lowest BCUT2D eigenvalue weighted by Crippen LogP contribution is -2.42. The Morgan fingerprint density at radius 3 is 2.57 bits per heavy atom. The third-order valence-electron chi connectivity index (χ3n) is 5.62. The minimum atomic E-state index is -4.61. The zero-order chi connectivity index (χ0) is 19.9. The summed E-state index contributed by atoms with van der Waals surface area (Å²) >= 11 is 0. The highest BCUT2D eigenvalue weighted by Gasteiger charge is 2.44. The molecule has 4 atom stereocenters. The first-order chi connectivity index (χ1) is 13.4. The van der Waals surface area contributed by atoms with E-state index in [-0.39, 0.29) is 29.3 Å². The first-order valence-corrected chi connectivity index (χ1v) is 9.40. The number of ether oxygens (including phenoxy) is 1. The van der Waals surface area contributed by atoms with Crippen molar-refractivity contribution in [3.05, 3.63) is 65.0 Å². The number of anilines is 1. The van der Waals surface area contributed by atoms with Crippen molar-refractivity contribution in [2.24, 2.45) is 5.92 Å². The molecule has 2 aliphatic rings. The van der Waals surface area contributed by atoms with Gasteiger partial charge in [0.1, 0.15) is 5.82 Å². The van der Waals surface area contributed by atoms with Crippen LogP contribution in [0.2, 0.25) is 0 Å². The lowest BCUT2D eigenvalue weighted by atomic mass is 9.76. The van der Waals surface area contributed by atoms with E-state index in [2.05, 4.69) is 10.6 Å². The van der Waals surface area contributed by atoms with Crippen molar-refractivity contribution in [1.82, 2.24) is 5.32 Å². The molecular formula is C21H22F4N2O. The van der Waals surface area contributed by atoms with E-state index in [4.69, 9.17) is 4.74 Å². The van der Waals surface area contributed by atoms with Gasteiger partial charge >= 0.3 is 6.18 Å². The van der Waals surface area contributed by atoms with Crippen LogP contribution < -0.4 is 10.6 Å². The number of nitrogens with one attached hydrogen (secondary N) is 2. The van der Waals surface area contributed by atoms with Crippen molar-refractivity contribution in [2.45, 2.75) is 37.3 Å². The fourth-order valence-corrected chi connectivity index (χ4v) is 4.35. The van der Waals surface area contributed by atoms with Crippen LogP contribution in [-0.2, 0) is 10.9 Å². The molecule has 150 valence electrons. The van der Waals surface area contributed by atoms with E-state index < -0.39 is 23.7 Å². The van der Waals surface area contributed by atoms with Crippen LogP contribution >= 0.6 is 0 Å². The third-order valence-corrected chi connectivity index (χ3v) is 5.62. The molecule has 0 saturated carbocycles. The summed E-state index contributed by atoms with van der Waals surface area (Å²) in [6, 6.07) is 11.0. The maximum Gasteiger partial charge on any atom is 0.416 e. The van der Waals surface area contributed by atoms with Gasteiger partial charge in [-0.25, -0.2) is 4.39 Å². The number of hydrogen-bond donors (Lipinski definition) is 2. The van der Waals surface area contributed by atoms with E-state index in [1.807, 2.05) is 30.3 Å². The lowest BCUT2D eigenvalue weighted by Gasteiger charge is -2.46. The van der Waals surface area contributed by atoms with Crippen molar-refractivity contribution in [1.29, 1.82) is 0 Å². The van der Waals surface area contributed by atoms with Crippen molar-refractivity contribution in [3.8, 4) is 0 Å². The monoisotopic (exact) mass is 394 g/mol. The molecule has 2 aromatic carbocycles. The van der Waals surface area contributed by atoms with Gasteiger partial charge in [0, 0.05) is 18.0 Å². The quantitative estimate of drug-likeness (QED) is 0.714. The van der Waals surface area contributed by atoms with Gasteiger partial charge in [0.2, 0.25) is 0 Å². The molecule has 0 bridgehead atoms. The second-order valence-corrected chi connectivity index (χ2v) is 7.43. The zero-order valence-electron chi connectivity index (χ0n) is 15.4. The summed E-state index contributed by atoms with van der Waals surface area (Å²) in [5.41, 5.74) is 0.346. The third kappa shape index (κ3) is 3.49. The number of alkyl halides is 3. The molecule has 2 N–H and O–H groups in total.